The highest BCUT2D eigenvalue weighted by Crippen LogP contribution is 2.39. The van der Waals surface area contributed by atoms with Gasteiger partial charge in [-0.15, -0.1) is 0 Å². The maximum atomic E-state index is 12.9. The summed E-state index contributed by atoms with van der Waals surface area (Å²) in [4.78, 5) is 26.8. The number of thioether (sulfide) groups is 1. The summed E-state index contributed by atoms with van der Waals surface area (Å²) < 4.78 is 17.7. The predicted molar refractivity (Wildman–Crippen MR) is 146 cm³/mol. The van der Waals surface area contributed by atoms with Crippen molar-refractivity contribution < 1.29 is 23.8 Å². The zero-order chi connectivity index (χ0) is 25.7. The normalized spacial score (nSPS) is 14.4. The van der Waals surface area contributed by atoms with Crippen LogP contribution >= 0.6 is 50.9 Å². The van der Waals surface area contributed by atoms with E-state index in [9.17, 15) is 9.59 Å². The molecule has 0 saturated carbocycles. The van der Waals surface area contributed by atoms with Gasteiger partial charge in [0, 0.05) is 10.0 Å². The van der Waals surface area contributed by atoms with Crippen LogP contribution in [0.5, 0.6) is 17.2 Å². The van der Waals surface area contributed by atoms with Gasteiger partial charge < -0.3 is 14.2 Å². The number of halogens is 3. The fourth-order valence-electron chi connectivity index (χ4n) is 3.33. The molecule has 0 radical (unpaired) electrons. The van der Waals surface area contributed by atoms with Crippen molar-refractivity contribution in [3.63, 3.8) is 0 Å². The maximum Gasteiger partial charge on any atom is 0.293 e. The van der Waals surface area contributed by atoms with Gasteiger partial charge >= 0.3 is 0 Å². The highest BCUT2D eigenvalue weighted by Gasteiger charge is 2.35. The van der Waals surface area contributed by atoms with Crippen molar-refractivity contribution in [2.45, 2.75) is 6.61 Å². The molecule has 1 aliphatic rings. The number of carbonyl (C=O) groups excluding carboxylic acids is 2. The summed E-state index contributed by atoms with van der Waals surface area (Å²) >= 11 is 16.2. The molecule has 0 bridgehead atoms. The molecule has 0 aromatic heterocycles. The first-order valence-corrected chi connectivity index (χ1v) is 13.1. The van der Waals surface area contributed by atoms with Gasteiger partial charge in [-0.3, -0.25) is 14.5 Å². The summed E-state index contributed by atoms with van der Waals surface area (Å²) in [6.07, 6.45) is 1.65. The summed E-state index contributed by atoms with van der Waals surface area (Å²) in [6, 6.07) is 17.8. The van der Waals surface area contributed by atoms with Crippen LogP contribution in [-0.2, 0) is 11.4 Å². The third-order valence-corrected chi connectivity index (χ3v) is 7.12. The number of carbonyl (C=O) groups is 2. The van der Waals surface area contributed by atoms with Gasteiger partial charge in [0.05, 0.1) is 23.0 Å². The largest absolute Gasteiger partial charge is 0.493 e. The number of hydrogen-bond acceptors (Lipinski definition) is 6. The van der Waals surface area contributed by atoms with Crippen LogP contribution in [0.2, 0.25) is 10.0 Å². The molecule has 186 valence electrons. The summed E-state index contributed by atoms with van der Waals surface area (Å²) in [5.74, 6) is 1.25. The lowest BCUT2D eigenvalue weighted by Crippen LogP contribution is -2.32. The van der Waals surface area contributed by atoms with Crippen molar-refractivity contribution in [2.24, 2.45) is 0 Å². The Hall–Kier alpha value is -2.65. The third kappa shape index (κ3) is 6.56. The van der Waals surface area contributed by atoms with E-state index in [0.717, 1.165) is 17.3 Å². The number of nitrogens with zero attached hydrogens (tertiary/aromatic N) is 1. The molecule has 3 aromatic rings. The van der Waals surface area contributed by atoms with Crippen LogP contribution < -0.4 is 14.2 Å². The molecule has 0 atom stereocenters. The molecule has 3 aromatic carbocycles. The monoisotopic (exact) mass is 607 g/mol. The van der Waals surface area contributed by atoms with Crippen molar-refractivity contribution in [3.8, 4) is 17.2 Å². The predicted octanol–water partition coefficient (Wildman–Crippen LogP) is 7.46. The Balaban J connectivity index is 1.43. The van der Waals surface area contributed by atoms with Crippen molar-refractivity contribution in [3.05, 3.63) is 91.2 Å². The second-order valence-electron chi connectivity index (χ2n) is 7.58. The van der Waals surface area contributed by atoms with Crippen molar-refractivity contribution in [2.75, 3.05) is 20.3 Å². The molecule has 6 nitrogen and oxygen atoms in total. The van der Waals surface area contributed by atoms with E-state index in [1.807, 2.05) is 12.1 Å². The highest BCUT2D eigenvalue weighted by atomic mass is 79.9. The van der Waals surface area contributed by atoms with Crippen molar-refractivity contribution in [1.82, 2.24) is 4.90 Å². The van der Waals surface area contributed by atoms with E-state index >= 15 is 0 Å². The molecule has 1 fully saturated rings. The van der Waals surface area contributed by atoms with E-state index in [1.165, 1.54) is 12.0 Å². The van der Waals surface area contributed by atoms with E-state index in [1.54, 1.807) is 54.6 Å². The van der Waals surface area contributed by atoms with Gasteiger partial charge in [0.25, 0.3) is 11.1 Å². The fraction of sp³-hybridized carbons (Fsp3) is 0.154. The van der Waals surface area contributed by atoms with Gasteiger partial charge in [-0.1, -0.05) is 35.3 Å². The van der Waals surface area contributed by atoms with Crippen molar-refractivity contribution >= 4 is 68.1 Å². The Labute approximate surface area is 231 Å². The minimum atomic E-state index is -0.372. The second-order valence-corrected chi connectivity index (χ2v) is 10.3. The number of benzene rings is 3. The highest BCUT2D eigenvalue weighted by molar-refractivity contribution is 9.10. The first-order valence-electron chi connectivity index (χ1n) is 10.7. The van der Waals surface area contributed by atoms with Crippen LogP contribution in [0.1, 0.15) is 11.1 Å². The standard InChI is InChI=1S/C26H20BrCl2NO5S/c1-33-22-13-17(12-21(27)24(22)35-15-16-2-4-18(28)5-3-16)14-23-25(31)30(26(32)36-23)10-11-34-20-8-6-19(29)7-9-20/h2-9,12-14H,10-11,15H2,1H3/b23-14-. The number of hydrogen-bond donors (Lipinski definition) is 0. The Morgan fingerprint density at radius 1 is 0.972 bits per heavy atom. The van der Waals surface area contributed by atoms with E-state index in [2.05, 4.69) is 15.9 Å². The second kappa shape index (κ2) is 12.1. The zero-order valence-corrected chi connectivity index (χ0v) is 22.9. The fourth-order valence-corrected chi connectivity index (χ4v) is 5.02. The van der Waals surface area contributed by atoms with E-state index < -0.39 is 0 Å². The Morgan fingerprint density at radius 3 is 2.31 bits per heavy atom. The van der Waals surface area contributed by atoms with Crippen LogP contribution in [0, 0.1) is 0 Å². The summed E-state index contributed by atoms with van der Waals surface area (Å²) in [7, 11) is 1.54. The minimum absolute atomic E-state index is 0.134. The molecule has 4 rings (SSSR count). The SMILES string of the molecule is COc1cc(/C=C2\SC(=O)N(CCOc3ccc(Cl)cc3)C2=O)cc(Br)c1OCc1ccc(Cl)cc1. The molecule has 1 heterocycles. The lowest BCUT2D eigenvalue weighted by molar-refractivity contribution is -0.123. The average molecular weight is 609 g/mol. The molecule has 1 aliphatic heterocycles. The first kappa shape index (κ1) is 26.4. The number of methoxy groups -OCH3 is 1. The van der Waals surface area contributed by atoms with E-state index in [4.69, 9.17) is 37.4 Å². The topological polar surface area (TPSA) is 65.1 Å². The van der Waals surface area contributed by atoms with Crippen LogP contribution in [0.15, 0.2) is 70.0 Å². The lowest BCUT2D eigenvalue weighted by Gasteiger charge is -2.14. The van der Waals surface area contributed by atoms with Gasteiger partial charge in [0.15, 0.2) is 11.5 Å². The number of ether oxygens (including phenoxy) is 3. The van der Waals surface area contributed by atoms with Gasteiger partial charge in [-0.05, 0) is 93.4 Å². The number of amides is 2. The average Bonchev–Trinajstić information content (AvgIpc) is 3.12. The van der Waals surface area contributed by atoms with Gasteiger partial charge in [-0.2, -0.15) is 0 Å². The number of imide groups is 1. The van der Waals surface area contributed by atoms with Crippen LogP contribution in [0.25, 0.3) is 6.08 Å². The zero-order valence-electron chi connectivity index (χ0n) is 19.0. The smallest absolute Gasteiger partial charge is 0.293 e. The molecule has 0 N–H and O–H groups in total. The molecule has 36 heavy (non-hydrogen) atoms. The summed E-state index contributed by atoms with van der Waals surface area (Å²) in [6.45, 7) is 0.629. The Morgan fingerprint density at radius 2 is 1.64 bits per heavy atom. The number of rotatable bonds is 9. The molecular formula is C26H20BrCl2NO5S. The van der Waals surface area contributed by atoms with Crippen LogP contribution in [0.4, 0.5) is 4.79 Å². The molecular weight excluding hydrogens is 589 g/mol. The molecule has 2 amide bonds. The maximum absolute atomic E-state index is 12.9. The molecule has 1 saturated heterocycles. The lowest BCUT2D eigenvalue weighted by atomic mass is 10.1. The third-order valence-electron chi connectivity index (χ3n) is 5.12. The van der Waals surface area contributed by atoms with E-state index in [-0.39, 0.29) is 24.3 Å². The minimum Gasteiger partial charge on any atom is -0.493 e. The molecule has 0 unspecified atom stereocenters. The molecule has 0 aliphatic carbocycles. The van der Waals surface area contributed by atoms with Crippen LogP contribution in [0.3, 0.4) is 0 Å². The Bertz CT molecular complexity index is 1300. The quantitative estimate of drug-likeness (QED) is 0.235. The van der Waals surface area contributed by atoms with Crippen LogP contribution in [-0.4, -0.2) is 36.3 Å². The molecule has 10 heteroatoms. The Kier molecular flexibility index (Phi) is 8.85. The van der Waals surface area contributed by atoms with E-state index in [0.29, 0.717) is 48.8 Å². The van der Waals surface area contributed by atoms with Gasteiger partial charge in [-0.25, -0.2) is 0 Å². The summed E-state index contributed by atoms with van der Waals surface area (Å²) in [5, 5.41) is 0.906. The first-order chi connectivity index (χ1) is 17.3. The van der Waals surface area contributed by atoms with Gasteiger partial charge in [0.2, 0.25) is 0 Å². The summed E-state index contributed by atoms with van der Waals surface area (Å²) in [5.41, 5.74) is 1.63. The molecule has 0 spiro atoms. The van der Waals surface area contributed by atoms with Crippen molar-refractivity contribution in [1.29, 1.82) is 0 Å². The van der Waals surface area contributed by atoms with Gasteiger partial charge in [0.1, 0.15) is 19.0 Å².